The summed E-state index contributed by atoms with van der Waals surface area (Å²) in [5, 5.41) is 17.7. The number of nitriles is 2. The minimum absolute atomic E-state index is 0.0143. The van der Waals surface area contributed by atoms with Crippen LogP contribution in [0.4, 0.5) is 13.2 Å². The first-order valence-corrected chi connectivity index (χ1v) is 6.56. The van der Waals surface area contributed by atoms with Crippen molar-refractivity contribution < 1.29 is 18.0 Å². The highest BCUT2D eigenvalue weighted by Crippen LogP contribution is 2.33. The lowest BCUT2D eigenvalue weighted by Crippen LogP contribution is -2.45. The highest BCUT2D eigenvalue weighted by Gasteiger charge is 2.42. The number of aromatic nitrogens is 2. The van der Waals surface area contributed by atoms with Crippen LogP contribution in [0, 0.1) is 28.6 Å². The van der Waals surface area contributed by atoms with E-state index in [1.54, 1.807) is 12.1 Å². The van der Waals surface area contributed by atoms with E-state index in [1.807, 2.05) is 0 Å². The molecule has 0 aliphatic carbocycles. The van der Waals surface area contributed by atoms with Gasteiger partial charge in [-0.15, -0.1) is 0 Å². The Labute approximate surface area is 124 Å². The van der Waals surface area contributed by atoms with Gasteiger partial charge in [-0.1, -0.05) is 0 Å². The Balaban J connectivity index is 2.09. The number of amides is 1. The molecule has 1 amide bonds. The van der Waals surface area contributed by atoms with Crippen molar-refractivity contribution in [2.45, 2.75) is 25.6 Å². The van der Waals surface area contributed by atoms with Gasteiger partial charge in [-0.25, -0.2) is 4.98 Å². The molecule has 0 bridgehead atoms. The second-order valence-corrected chi connectivity index (χ2v) is 5.01. The molecule has 116 valence electrons. The number of carbonyl (C=O) groups excluding carboxylic acids is 1. The molecule has 6 nitrogen and oxygen atoms in total. The molecule has 9 heteroatoms. The molecule has 1 aliphatic heterocycles. The van der Waals surface area contributed by atoms with Gasteiger partial charge in [0, 0.05) is 13.1 Å². The topological polar surface area (TPSA) is 85.7 Å². The molecular weight excluding hydrogens is 299 g/mol. The smallest absolute Gasteiger partial charge is 0.341 e. The summed E-state index contributed by atoms with van der Waals surface area (Å²) >= 11 is 0. The average Bonchev–Trinajstić information content (AvgIpc) is 2.88. The average molecular weight is 311 g/mol. The zero-order chi connectivity index (χ0) is 16.3. The van der Waals surface area contributed by atoms with E-state index in [-0.39, 0.29) is 43.9 Å². The summed E-state index contributed by atoms with van der Waals surface area (Å²) in [7, 11) is 0. The summed E-state index contributed by atoms with van der Waals surface area (Å²) in [6.07, 6.45) is -2.85. The quantitative estimate of drug-likeness (QED) is 0.827. The van der Waals surface area contributed by atoms with Crippen LogP contribution in [0.15, 0.2) is 6.33 Å². The van der Waals surface area contributed by atoms with Gasteiger partial charge in [0.25, 0.3) is 0 Å². The fourth-order valence-corrected chi connectivity index (χ4v) is 2.42. The van der Waals surface area contributed by atoms with Crippen LogP contribution in [0.1, 0.15) is 24.2 Å². The third kappa shape index (κ3) is 3.19. The van der Waals surface area contributed by atoms with E-state index in [0.717, 1.165) is 4.90 Å². The predicted octanol–water partition coefficient (Wildman–Crippen LogP) is 1.43. The molecule has 2 rings (SSSR count). The van der Waals surface area contributed by atoms with Gasteiger partial charge in [0.1, 0.15) is 18.7 Å². The summed E-state index contributed by atoms with van der Waals surface area (Å²) in [6.45, 7) is -0.417. The van der Waals surface area contributed by atoms with Crippen molar-refractivity contribution in [3.63, 3.8) is 0 Å². The highest BCUT2D eigenvalue weighted by molar-refractivity contribution is 5.76. The fraction of sp³-hybridized carbons (Fsp3) is 0.538. The first kappa shape index (κ1) is 15.8. The highest BCUT2D eigenvalue weighted by atomic mass is 19.4. The Hall–Kier alpha value is -2.55. The summed E-state index contributed by atoms with van der Waals surface area (Å²) in [6, 6.07) is 3.48. The number of hydrogen-bond donors (Lipinski definition) is 0. The van der Waals surface area contributed by atoms with E-state index in [0.29, 0.717) is 0 Å². The summed E-state index contributed by atoms with van der Waals surface area (Å²) in [5.74, 6) is -2.04. The molecule has 22 heavy (non-hydrogen) atoms. The number of imidazole rings is 1. The summed E-state index contributed by atoms with van der Waals surface area (Å²) in [5.41, 5.74) is -0.178. The van der Waals surface area contributed by atoms with Crippen molar-refractivity contribution in [2.24, 2.45) is 5.92 Å². The Morgan fingerprint density at radius 2 is 2.14 bits per heavy atom. The number of alkyl halides is 3. The number of piperidine rings is 1. The zero-order valence-corrected chi connectivity index (χ0v) is 11.5. The van der Waals surface area contributed by atoms with Crippen molar-refractivity contribution in [3.8, 4) is 12.1 Å². The van der Waals surface area contributed by atoms with Crippen LogP contribution in [0.25, 0.3) is 0 Å². The number of rotatable bonds is 2. The Kier molecular flexibility index (Phi) is 4.36. The molecule has 0 saturated carbocycles. The zero-order valence-electron chi connectivity index (χ0n) is 11.5. The number of carbonyl (C=O) groups is 1. The van der Waals surface area contributed by atoms with Gasteiger partial charge in [0.05, 0.1) is 12.2 Å². The van der Waals surface area contributed by atoms with Gasteiger partial charge in [0.2, 0.25) is 5.91 Å². The molecule has 1 aromatic heterocycles. The molecule has 2 heterocycles. The molecule has 1 saturated heterocycles. The van der Waals surface area contributed by atoms with Crippen molar-refractivity contribution in [1.29, 1.82) is 10.5 Å². The van der Waals surface area contributed by atoms with E-state index >= 15 is 0 Å². The predicted molar refractivity (Wildman–Crippen MR) is 67.0 cm³/mol. The Morgan fingerprint density at radius 3 is 2.73 bits per heavy atom. The van der Waals surface area contributed by atoms with E-state index in [9.17, 15) is 18.0 Å². The molecule has 1 atom stereocenters. The molecule has 1 aromatic rings. The fourth-order valence-electron chi connectivity index (χ4n) is 2.42. The maximum Gasteiger partial charge on any atom is 0.393 e. The van der Waals surface area contributed by atoms with Gasteiger partial charge < -0.3 is 9.47 Å². The SMILES string of the molecule is N#Cc1ncn(CC(=O)N2CCCC(C(F)(F)F)C2)c1C#N. The molecule has 0 spiro atoms. The first-order chi connectivity index (χ1) is 10.4. The first-order valence-electron chi connectivity index (χ1n) is 6.56. The van der Waals surface area contributed by atoms with Crippen LogP contribution in [0.5, 0.6) is 0 Å². The van der Waals surface area contributed by atoms with Gasteiger partial charge in [0.15, 0.2) is 11.4 Å². The maximum absolute atomic E-state index is 12.7. The number of halogens is 3. The van der Waals surface area contributed by atoms with Crippen LogP contribution in [0.3, 0.4) is 0 Å². The van der Waals surface area contributed by atoms with Gasteiger partial charge in [-0.3, -0.25) is 4.79 Å². The van der Waals surface area contributed by atoms with Gasteiger partial charge in [-0.2, -0.15) is 23.7 Å². The minimum Gasteiger partial charge on any atom is -0.341 e. The van der Waals surface area contributed by atoms with Crippen molar-refractivity contribution >= 4 is 5.91 Å². The number of hydrogen-bond acceptors (Lipinski definition) is 4. The molecule has 0 N–H and O–H groups in total. The van der Waals surface area contributed by atoms with Crippen LogP contribution >= 0.6 is 0 Å². The van der Waals surface area contributed by atoms with E-state index in [1.165, 1.54) is 10.9 Å². The molecule has 1 aliphatic rings. The third-order valence-corrected chi connectivity index (χ3v) is 3.59. The third-order valence-electron chi connectivity index (χ3n) is 3.59. The summed E-state index contributed by atoms with van der Waals surface area (Å²) in [4.78, 5) is 17.0. The monoisotopic (exact) mass is 311 g/mol. The maximum atomic E-state index is 12.7. The summed E-state index contributed by atoms with van der Waals surface area (Å²) < 4.78 is 39.4. The van der Waals surface area contributed by atoms with Gasteiger partial charge >= 0.3 is 6.18 Å². The molecule has 1 unspecified atom stereocenters. The molecule has 0 radical (unpaired) electrons. The van der Waals surface area contributed by atoms with E-state index in [2.05, 4.69) is 4.98 Å². The van der Waals surface area contributed by atoms with E-state index in [4.69, 9.17) is 10.5 Å². The van der Waals surface area contributed by atoms with Gasteiger partial charge in [-0.05, 0) is 12.8 Å². The lowest BCUT2D eigenvalue weighted by Gasteiger charge is -2.33. The molecular formula is C13H12F3N5O. The van der Waals surface area contributed by atoms with Crippen LogP contribution < -0.4 is 0 Å². The lowest BCUT2D eigenvalue weighted by atomic mass is 9.97. The van der Waals surface area contributed by atoms with Crippen LogP contribution in [0.2, 0.25) is 0 Å². The van der Waals surface area contributed by atoms with E-state index < -0.39 is 18.0 Å². The minimum atomic E-state index is -4.32. The van der Waals surface area contributed by atoms with Crippen molar-refractivity contribution in [3.05, 3.63) is 17.7 Å². The largest absolute Gasteiger partial charge is 0.393 e. The van der Waals surface area contributed by atoms with Crippen molar-refractivity contribution in [2.75, 3.05) is 13.1 Å². The van der Waals surface area contributed by atoms with Crippen LogP contribution in [-0.2, 0) is 11.3 Å². The van der Waals surface area contributed by atoms with Crippen LogP contribution in [-0.4, -0.2) is 39.6 Å². The Morgan fingerprint density at radius 1 is 1.41 bits per heavy atom. The molecule has 0 aromatic carbocycles. The Bertz CT molecular complexity index is 652. The second-order valence-electron chi connectivity index (χ2n) is 5.01. The lowest BCUT2D eigenvalue weighted by molar-refractivity contribution is -0.188. The van der Waals surface area contributed by atoms with Crippen molar-refractivity contribution in [1.82, 2.24) is 14.5 Å². The normalized spacial score (nSPS) is 18.6. The standard InChI is InChI=1S/C13H12F3N5O/c14-13(15,16)9-2-1-3-20(6-9)12(22)7-21-8-19-10(4-17)11(21)5-18/h8-9H,1-3,6-7H2. The number of likely N-dealkylation sites (tertiary alicyclic amines) is 1. The second kappa shape index (κ2) is 6.06. The molecule has 1 fully saturated rings. The number of nitrogens with zero attached hydrogens (tertiary/aromatic N) is 5.